The number of rotatable bonds is 0. The van der Waals surface area contributed by atoms with Gasteiger partial charge < -0.3 is 0 Å². The molecule has 0 spiro atoms. The van der Waals surface area contributed by atoms with E-state index in [-0.39, 0.29) is 57.7 Å². The smallest absolute Gasteiger partial charge is 0.0795 e. The Hall–Kier alpha value is 1.31. The maximum absolute atomic E-state index is 10.1. The van der Waals surface area contributed by atoms with Crippen molar-refractivity contribution < 1.29 is 4.39 Å². The van der Waals surface area contributed by atoms with Gasteiger partial charge in [0.15, 0.2) is 0 Å². The number of halogens is 1. The van der Waals surface area contributed by atoms with E-state index in [1.807, 2.05) is 0 Å². The molecule has 4 heavy (non-hydrogen) atoms. The van der Waals surface area contributed by atoms with Gasteiger partial charge in [-0.05, 0) is 0 Å². The molecule has 0 unspecified atom stereocenters. The Morgan fingerprint density at radius 2 is 1.75 bits per heavy atom. The molecule has 0 rings (SSSR count). The first-order valence-electron chi connectivity index (χ1n) is 0.626. The molecule has 0 amide bonds. The van der Waals surface area contributed by atoms with Gasteiger partial charge in [0.05, 0.1) is 6.33 Å². The fraction of sp³-hybridized carbons (Fsp3) is 0. The third-order valence-electron chi connectivity index (χ3n) is 0. The summed E-state index contributed by atoms with van der Waals surface area (Å²) in [5.74, 6) is 0. The summed E-state index contributed by atoms with van der Waals surface area (Å²) in [6, 6.07) is 0. The monoisotopic (exact) mass is 85.0 g/mol. The van der Waals surface area contributed by atoms with Gasteiger partial charge in [-0.15, -0.1) is 0 Å². The first-order valence-corrected chi connectivity index (χ1v) is 0.626. The van der Waals surface area contributed by atoms with Gasteiger partial charge >= 0.3 is 0 Å². The minimum Gasteiger partial charge on any atom is -0.216 e. The van der Waals surface area contributed by atoms with E-state index in [4.69, 9.17) is 0 Å². The Labute approximate surface area is 67.5 Å². The van der Waals surface area contributed by atoms with E-state index in [2.05, 4.69) is 6.58 Å². The van der Waals surface area contributed by atoms with Crippen LogP contribution >= 0.6 is 0 Å². The van der Waals surface area contributed by atoms with E-state index in [0.717, 1.165) is 0 Å². The van der Waals surface area contributed by atoms with Gasteiger partial charge in [-0.25, -0.2) is 4.39 Å². The van der Waals surface area contributed by atoms with Crippen molar-refractivity contribution in [2.75, 3.05) is 0 Å². The van der Waals surface area contributed by atoms with Crippen LogP contribution in [0, 0.1) is 0 Å². The van der Waals surface area contributed by atoms with Gasteiger partial charge in [0.25, 0.3) is 0 Å². The predicted octanol–water partition coefficient (Wildman–Crippen LogP) is 0.719. The van der Waals surface area contributed by atoms with E-state index in [1.165, 1.54) is 0 Å². The van der Waals surface area contributed by atoms with Crippen molar-refractivity contribution in [3.63, 3.8) is 0 Å². The average Bonchev–Trinajstić information content (AvgIpc) is 0.918. The molecule has 19 valence electrons. The van der Waals surface area contributed by atoms with Gasteiger partial charge in [0.1, 0.15) is 0 Å². The van der Waals surface area contributed by atoms with Gasteiger partial charge in [0, 0.05) is 51.4 Å². The van der Waals surface area contributed by atoms with E-state index >= 15 is 0 Å². The fourth-order valence-electron chi connectivity index (χ4n) is 0. The van der Waals surface area contributed by atoms with Crippen molar-refractivity contribution in [3.8, 4) is 0 Å². The molecule has 0 aliphatic carbocycles. The Balaban J connectivity index is 0. The molecule has 0 aliphatic heterocycles. The van der Waals surface area contributed by atoms with E-state index < -0.39 is 0 Å². The van der Waals surface area contributed by atoms with Crippen molar-refractivity contribution in [2.45, 2.75) is 0 Å². The molecule has 2 heteroatoms. The number of hydrogen-bond donors (Lipinski definition) is 0. The molecule has 0 bridgehead atoms. The van der Waals surface area contributed by atoms with Crippen molar-refractivity contribution in [2.24, 2.45) is 0 Å². The second kappa shape index (κ2) is 8.85. The first kappa shape index (κ1) is 9.00. The molecule has 0 atom stereocenters. The molecule has 0 aliphatic rings. The van der Waals surface area contributed by atoms with Crippen LogP contribution in [0.4, 0.5) is 4.39 Å². The van der Waals surface area contributed by atoms with E-state index in [0.29, 0.717) is 0 Å². The molecule has 0 aromatic rings. The molecule has 0 fully saturated rings. The third-order valence-corrected chi connectivity index (χ3v) is 0. The summed E-state index contributed by atoms with van der Waals surface area (Å²) in [7, 11) is 0. The summed E-state index contributed by atoms with van der Waals surface area (Å²) < 4.78 is 10.1. The SMILES string of the molecule is C=CF.[K]. The van der Waals surface area contributed by atoms with Crippen LogP contribution in [0.2, 0.25) is 0 Å². The van der Waals surface area contributed by atoms with Crippen molar-refractivity contribution in [3.05, 3.63) is 12.9 Å². The summed E-state index contributed by atoms with van der Waals surface area (Å²) in [5, 5.41) is 0. The molecule has 0 nitrogen and oxygen atoms in total. The molecule has 1 radical (unpaired) electrons. The van der Waals surface area contributed by atoms with Gasteiger partial charge in [-0.1, -0.05) is 6.58 Å². The quantitative estimate of drug-likeness (QED) is 0.380. The van der Waals surface area contributed by atoms with Crippen LogP contribution in [-0.2, 0) is 0 Å². The molecule has 0 N–H and O–H groups in total. The Bertz CT molecular complexity index is 13.5. The Morgan fingerprint density at radius 3 is 1.75 bits per heavy atom. The fourth-order valence-corrected chi connectivity index (χ4v) is 0. The zero-order valence-electron chi connectivity index (χ0n) is 2.66. The Morgan fingerprint density at radius 1 is 1.75 bits per heavy atom. The maximum Gasteiger partial charge on any atom is 0.0795 e. The zero-order chi connectivity index (χ0) is 2.71. The van der Waals surface area contributed by atoms with Gasteiger partial charge in [-0.2, -0.15) is 0 Å². The minimum atomic E-state index is 0. The summed E-state index contributed by atoms with van der Waals surface area (Å²) in [4.78, 5) is 0. The normalized spacial score (nSPS) is 3.25. The van der Waals surface area contributed by atoms with Crippen LogP contribution in [0.3, 0.4) is 0 Å². The molecule has 0 aromatic carbocycles. The molecular formula is C2H3FK. The van der Waals surface area contributed by atoms with Crippen LogP contribution in [-0.4, -0.2) is 51.4 Å². The van der Waals surface area contributed by atoms with Crippen LogP contribution in [0.1, 0.15) is 0 Å². The van der Waals surface area contributed by atoms with Crippen LogP contribution in [0.15, 0.2) is 12.9 Å². The summed E-state index contributed by atoms with van der Waals surface area (Å²) in [6.45, 7) is 2.69. The average molecular weight is 85.1 g/mol. The van der Waals surface area contributed by atoms with Crippen LogP contribution < -0.4 is 0 Å². The van der Waals surface area contributed by atoms with Crippen LogP contribution in [0.5, 0.6) is 0 Å². The molecule has 0 heterocycles. The van der Waals surface area contributed by atoms with E-state index in [9.17, 15) is 4.39 Å². The molecule has 0 saturated carbocycles. The minimum absolute atomic E-state index is 0. The first-order chi connectivity index (χ1) is 1.41. The third kappa shape index (κ3) is 10.3. The van der Waals surface area contributed by atoms with Crippen LogP contribution in [0.25, 0.3) is 0 Å². The summed E-state index contributed by atoms with van der Waals surface area (Å²) in [6.07, 6.45) is 0.250. The van der Waals surface area contributed by atoms with Crippen molar-refractivity contribution >= 4 is 51.4 Å². The number of hydrogen-bond acceptors (Lipinski definition) is 0. The standard InChI is InChI=1S/C2H3F.K/c1-2-3;/h2H,1H2;. The largest absolute Gasteiger partial charge is 0.216 e. The second-order valence-electron chi connectivity index (χ2n) is 0.154. The molecule has 0 aromatic heterocycles. The second-order valence-corrected chi connectivity index (χ2v) is 0.154. The predicted molar refractivity (Wildman–Crippen MR) is 17.1 cm³/mol. The molecular weight excluding hydrogens is 82.1 g/mol. The topological polar surface area (TPSA) is 0 Å². The van der Waals surface area contributed by atoms with Gasteiger partial charge in [0.2, 0.25) is 0 Å². The van der Waals surface area contributed by atoms with Gasteiger partial charge in [-0.3, -0.25) is 0 Å². The van der Waals surface area contributed by atoms with Crippen molar-refractivity contribution in [1.82, 2.24) is 0 Å². The molecule has 0 saturated heterocycles. The Kier molecular flexibility index (Phi) is 19.9. The maximum atomic E-state index is 10.1. The van der Waals surface area contributed by atoms with E-state index in [1.54, 1.807) is 0 Å². The van der Waals surface area contributed by atoms with Crippen molar-refractivity contribution in [1.29, 1.82) is 0 Å². The zero-order valence-corrected chi connectivity index (χ0v) is 5.79. The summed E-state index contributed by atoms with van der Waals surface area (Å²) >= 11 is 0. The summed E-state index contributed by atoms with van der Waals surface area (Å²) in [5.41, 5.74) is 0.